The van der Waals surface area contributed by atoms with Crippen molar-refractivity contribution in [2.75, 3.05) is 50.9 Å². The zero-order valence-electron chi connectivity index (χ0n) is 22.9. The lowest BCUT2D eigenvalue weighted by Gasteiger charge is -2.43. The fourth-order valence-electron chi connectivity index (χ4n) is 5.45. The van der Waals surface area contributed by atoms with E-state index in [1.165, 1.54) is 0 Å². The monoisotopic (exact) mass is 520 g/mol. The number of piperidine rings is 1. The molecule has 8 heteroatoms. The first-order chi connectivity index (χ1) is 18.4. The molecule has 0 saturated carbocycles. The molecule has 2 saturated heterocycles. The van der Waals surface area contributed by atoms with Gasteiger partial charge in [0, 0.05) is 37.4 Å². The summed E-state index contributed by atoms with van der Waals surface area (Å²) >= 11 is 0. The minimum Gasteiger partial charge on any atom is -0.494 e. The van der Waals surface area contributed by atoms with Crippen LogP contribution in [0, 0.1) is 0 Å². The van der Waals surface area contributed by atoms with Gasteiger partial charge >= 0.3 is 0 Å². The third-order valence-corrected chi connectivity index (χ3v) is 7.77. The Balaban J connectivity index is 1.48. The van der Waals surface area contributed by atoms with E-state index < -0.39 is 5.54 Å². The molecule has 0 radical (unpaired) electrons. The Morgan fingerprint density at radius 2 is 1.61 bits per heavy atom. The van der Waals surface area contributed by atoms with Crippen molar-refractivity contribution in [3.63, 3.8) is 0 Å². The number of hydrogen-bond donors (Lipinski definition) is 0. The second-order valence-electron chi connectivity index (χ2n) is 10.0. The SMILES string of the molecule is CCCCOc1ccc(C(=O)N2CCC3(CC2)C(=O)N(CC(=O)N(CC)CC)CN3c2ccccc2)cc1. The Morgan fingerprint density at radius 3 is 2.21 bits per heavy atom. The molecule has 2 aromatic carbocycles. The van der Waals surface area contributed by atoms with Gasteiger partial charge in [0.1, 0.15) is 17.8 Å². The maximum atomic E-state index is 13.9. The Bertz CT molecular complexity index is 1090. The molecule has 2 aliphatic rings. The number of likely N-dealkylation sites (tertiary alicyclic amines) is 1. The van der Waals surface area contributed by atoms with Gasteiger partial charge in [0.2, 0.25) is 5.91 Å². The second-order valence-corrected chi connectivity index (χ2v) is 10.0. The molecular weight excluding hydrogens is 480 g/mol. The van der Waals surface area contributed by atoms with Gasteiger partial charge in [-0.1, -0.05) is 31.5 Å². The van der Waals surface area contributed by atoms with Crippen LogP contribution in [0.3, 0.4) is 0 Å². The van der Waals surface area contributed by atoms with Gasteiger partial charge < -0.3 is 24.3 Å². The van der Waals surface area contributed by atoms with E-state index in [4.69, 9.17) is 4.74 Å². The summed E-state index contributed by atoms with van der Waals surface area (Å²) < 4.78 is 5.72. The molecule has 0 aliphatic carbocycles. The summed E-state index contributed by atoms with van der Waals surface area (Å²) in [5.41, 5.74) is 0.809. The van der Waals surface area contributed by atoms with Crippen LogP contribution < -0.4 is 9.64 Å². The van der Waals surface area contributed by atoms with Crippen molar-refractivity contribution in [1.82, 2.24) is 14.7 Å². The summed E-state index contributed by atoms with van der Waals surface area (Å²) in [6.07, 6.45) is 3.10. The van der Waals surface area contributed by atoms with Crippen LogP contribution in [0.25, 0.3) is 0 Å². The smallest absolute Gasteiger partial charge is 0.253 e. The predicted molar refractivity (Wildman–Crippen MR) is 148 cm³/mol. The van der Waals surface area contributed by atoms with Gasteiger partial charge in [-0.3, -0.25) is 14.4 Å². The molecule has 0 unspecified atom stereocenters. The number of amides is 3. The van der Waals surface area contributed by atoms with Gasteiger partial charge in [-0.15, -0.1) is 0 Å². The number of nitrogens with zero attached hydrogens (tertiary/aromatic N) is 4. The van der Waals surface area contributed by atoms with E-state index in [0.717, 1.165) is 24.3 Å². The number of ether oxygens (including phenoxy) is 1. The highest BCUT2D eigenvalue weighted by molar-refractivity contribution is 5.97. The fourth-order valence-corrected chi connectivity index (χ4v) is 5.45. The second kappa shape index (κ2) is 12.3. The van der Waals surface area contributed by atoms with Gasteiger partial charge in [0.05, 0.1) is 13.3 Å². The molecule has 2 aromatic rings. The average Bonchev–Trinajstić information content (AvgIpc) is 3.21. The number of carbonyl (C=O) groups is 3. The van der Waals surface area contributed by atoms with Crippen molar-refractivity contribution < 1.29 is 19.1 Å². The van der Waals surface area contributed by atoms with E-state index >= 15 is 0 Å². The van der Waals surface area contributed by atoms with Crippen molar-refractivity contribution in [1.29, 1.82) is 0 Å². The molecule has 8 nitrogen and oxygen atoms in total. The molecule has 2 fully saturated rings. The predicted octanol–water partition coefficient (Wildman–Crippen LogP) is 4.02. The number of likely N-dealkylation sites (N-methyl/N-ethyl adjacent to an activating group) is 1. The Morgan fingerprint density at radius 1 is 0.947 bits per heavy atom. The van der Waals surface area contributed by atoms with Crippen molar-refractivity contribution in [2.24, 2.45) is 0 Å². The summed E-state index contributed by atoms with van der Waals surface area (Å²) in [6.45, 7) is 9.30. The van der Waals surface area contributed by atoms with E-state index in [1.807, 2.05) is 73.3 Å². The van der Waals surface area contributed by atoms with Gasteiger partial charge in [-0.05, 0) is 69.5 Å². The molecule has 2 aliphatic heterocycles. The lowest BCUT2D eigenvalue weighted by atomic mass is 9.85. The Kier molecular flexibility index (Phi) is 8.92. The maximum absolute atomic E-state index is 13.9. The van der Waals surface area contributed by atoms with Gasteiger partial charge in [-0.25, -0.2) is 0 Å². The number of hydrogen-bond acceptors (Lipinski definition) is 5. The van der Waals surface area contributed by atoms with Crippen LogP contribution in [0.1, 0.15) is 56.8 Å². The molecule has 2 heterocycles. The van der Waals surface area contributed by atoms with Crippen LogP contribution in [-0.2, 0) is 9.59 Å². The standard InChI is InChI=1S/C30H40N4O4/c1-4-7-21-38-26-15-13-24(14-16-26)28(36)32-19-17-30(18-20-32)29(37)33(22-27(35)31(5-2)6-3)23-34(30)25-11-9-8-10-12-25/h8-16H,4-7,17-23H2,1-3H3. The van der Waals surface area contributed by atoms with Crippen LogP contribution in [0.2, 0.25) is 0 Å². The molecule has 38 heavy (non-hydrogen) atoms. The fraction of sp³-hybridized carbons (Fsp3) is 0.500. The summed E-state index contributed by atoms with van der Waals surface area (Å²) in [6, 6.07) is 17.2. The minimum absolute atomic E-state index is 0.0254. The normalized spacial score (nSPS) is 16.7. The lowest BCUT2D eigenvalue weighted by Crippen LogP contribution is -2.57. The van der Waals surface area contributed by atoms with E-state index in [0.29, 0.717) is 57.9 Å². The zero-order valence-corrected chi connectivity index (χ0v) is 22.9. The molecule has 3 amide bonds. The largest absolute Gasteiger partial charge is 0.494 e. The number of unbranched alkanes of at least 4 members (excludes halogenated alkanes) is 1. The van der Waals surface area contributed by atoms with E-state index in [2.05, 4.69) is 11.8 Å². The topological polar surface area (TPSA) is 73.4 Å². The van der Waals surface area contributed by atoms with E-state index in [9.17, 15) is 14.4 Å². The summed E-state index contributed by atoms with van der Waals surface area (Å²) in [7, 11) is 0. The molecule has 0 aromatic heterocycles. The van der Waals surface area contributed by atoms with Crippen molar-refractivity contribution >= 4 is 23.4 Å². The van der Waals surface area contributed by atoms with Crippen LogP contribution in [-0.4, -0.2) is 84.0 Å². The van der Waals surface area contributed by atoms with Crippen molar-refractivity contribution in [2.45, 2.75) is 52.0 Å². The first-order valence-electron chi connectivity index (χ1n) is 13.9. The van der Waals surface area contributed by atoms with Crippen LogP contribution in [0.5, 0.6) is 5.75 Å². The summed E-state index contributed by atoms with van der Waals surface area (Å²) in [5.74, 6) is 0.665. The van der Waals surface area contributed by atoms with Crippen LogP contribution in [0.15, 0.2) is 54.6 Å². The van der Waals surface area contributed by atoms with Crippen LogP contribution >= 0.6 is 0 Å². The highest BCUT2D eigenvalue weighted by Gasteiger charge is 2.54. The molecule has 1 spiro atoms. The number of carbonyl (C=O) groups excluding carboxylic acids is 3. The minimum atomic E-state index is -0.765. The Hall–Kier alpha value is -3.55. The first-order valence-corrected chi connectivity index (χ1v) is 13.9. The third-order valence-electron chi connectivity index (χ3n) is 7.77. The average molecular weight is 521 g/mol. The molecule has 4 rings (SSSR count). The number of para-hydroxylation sites is 1. The quantitative estimate of drug-likeness (QED) is 0.443. The lowest BCUT2D eigenvalue weighted by molar-refractivity contribution is -0.140. The Labute approximate surface area is 226 Å². The summed E-state index contributed by atoms with van der Waals surface area (Å²) in [5, 5.41) is 0. The molecule has 0 atom stereocenters. The van der Waals surface area contributed by atoms with Gasteiger partial charge in [0.25, 0.3) is 11.8 Å². The highest BCUT2D eigenvalue weighted by atomic mass is 16.5. The van der Waals surface area contributed by atoms with E-state index in [1.54, 1.807) is 9.80 Å². The molecular formula is C30H40N4O4. The summed E-state index contributed by atoms with van der Waals surface area (Å²) in [4.78, 5) is 47.4. The number of rotatable bonds is 10. The molecule has 0 bridgehead atoms. The molecule has 204 valence electrons. The highest BCUT2D eigenvalue weighted by Crippen LogP contribution is 2.39. The third kappa shape index (κ3) is 5.64. The maximum Gasteiger partial charge on any atom is 0.253 e. The number of anilines is 1. The van der Waals surface area contributed by atoms with Crippen LogP contribution in [0.4, 0.5) is 5.69 Å². The molecule has 0 N–H and O–H groups in total. The van der Waals surface area contributed by atoms with E-state index in [-0.39, 0.29) is 24.3 Å². The first kappa shape index (κ1) is 27.5. The van der Waals surface area contributed by atoms with Gasteiger partial charge in [0.15, 0.2) is 0 Å². The number of benzene rings is 2. The zero-order chi connectivity index (χ0) is 27.1. The van der Waals surface area contributed by atoms with Gasteiger partial charge in [-0.2, -0.15) is 0 Å². The van der Waals surface area contributed by atoms with Crippen molar-refractivity contribution in [3.05, 3.63) is 60.2 Å². The van der Waals surface area contributed by atoms with Crippen molar-refractivity contribution in [3.8, 4) is 5.75 Å².